The molecule has 37 heavy (non-hydrogen) atoms. The summed E-state index contributed by atoms with van der Waals surface area (Å²) in [6, 6.07) is 8.63. The molecular formula is C24H24FN7O5. The molecule has 2 aromatic heterocycles. The Bertz CT molecular complexity index is 1440. The van der Waals surface area contributed by atoms with Crippen LogP contribution in [0.3, 0.4) is 0 Å². The molecule has 1 aromatic carbocycles. The molecule has 192 valence electrons. The third-order valence-corrected chi connectivity index (χ3v) is 5.49. The second kappa shape index (κ2) is 10.9. The zero-order chi connectivity index (χ0) is 26.5. The first-order chi connectivity index (χ1) is 17.8. The maximum atomic E-state index is 13.6. The molecule has 13 heteroatoms. The average molecular weight is 509 g/mol. The normalized spacial score (nSPS) is 14.5. The van der Waals surface area contributed by atoms with Gasteiger partial charge in [0.1, 0.15) is 29.5 Å². The molecule has 1 atom stereocenters. The average Bonchev–Trinajstić information content (AvgIpc) is 3.39. The lowest BCUT2D eigenvalue weighted by atomic mass is 10.1. The molecule has 0 fully saturated rings. The minimum absolute atomic E-state index is 0.0826. The standard InChI is InChI=1S/C24H24FN7O5/c1-13-28-17(9-19(29-13)24(35)27-11-14-4-5-15(25)20(8-14)36-3)18-10-21(37-31-18)16-6-7-23(34)32(30-16)12-22(33)26-2/h4-9,21H,10-12H2,1-3H3,(H,26,33)(H,27,35). The summed E-state index contributed by atoms with van der Waals surface area (Å²) in [6.45, 7) is 1.56. The van der Waals surface area contributed by atoms with Crippen LogP contribution in [0, 0.1) is 12.7 Å². The van der Waals surface area contributed by atoms with Crippen molar-refractivity contribution in [1.29, 1.82) is 0 Å². The first-order valence-corrected chi connectivity index (χ1v) is 11.3. The second-order valence-electron chi connectivity index (χ2n) is 8.10. The summed E-state index contributed by atoms with van der Waals surface area (Å²) in [5.74, 6) is -0.869. The van der Waals surface area contributed by atoms with E-state index in [4.69, 9.17) is 9.57 Å². The summed E-state index contributed by atoms with van der Waals surface area (Å²) in [5, 5.41) is 13.5. The van der Waals surface area contributed by atoms with Crippen LogP contribution in [0.25, 0.3) is 0 Å². The largest absolute Gasteiger partial charge is 0.494 e. The highest BCUT2D eigenvalue weighted by Crippen LogP contribution is 2.27. The predicted molar refractivity (Wildman–Crippen MR) is 128 cm³/mol. The van der Waals surface area contributed by atoms with Gasteiger partial charge in [-0.1, -0.05) is 11.2 Å². The monoisotopic (exact) mass is 509 g/mol. The molecular weight excluding hydrogens is 485 g/mol. The van der Waals surface area contributed by atoms with Gasteiger partial charge in [0.15, 0.2) is 17.7 Å². The van der Waals surface area contributed by atoms with Gasteiger partial charge in [0, 0.05) is 26.1 Å². The number of carbonyl (C=O) groups is 2. The molecule has 1 aliphatic rings. The Kier molecular flexibility index (Phi) is 7.51. The number of methoxy groups -OCH3 is 1. The lowest BCUT2D eigenvalue weighted by Crippen LogP contribution is -2.32. The number of oxime groups is 1. The van der Waals surface area contributed by atoms with Crippen LogP contribution in [0.5, 0.6) is 5.75 Å². The van der Waals surface area contributed by atoms with Crippen LogP contribution in [0.4, 0.5) is 4.39 Å². The van der Waals surface area contributed by atoms with Gasteiger partial charge in [0.05, 0.1) is 12.8 Å². The molecule has 12 nitrogen and oxygen atoms in total. The van der Waals surface area contributed by atoms with Crippen molar-refractivity contribution < 1.29 is 23.6 Å². The molecule has 3 heterocycles. The van der Waals surface area contributed by atoms with E-state index in [1.54, 1.807) is 13.0 Å². The van der Waals surface area contributed by atoms with Gasteiger partial charge in [-0.05, 0) is 36.8 Å². The molecule has 0 bridgehead atoms. The summed E-state index contributed by atoms with van der Waals surface area (Å²) in [5.41, 5.74) is 1.65. The summed E-state index contributed by atoms with van der Waals surface area (Å²) < 4.78 is 19.6. The number of likely N-dealkylation sites (N-methyl/N-ethyl adjacent to an activating group) is 1. The van der Waals surface area contributed by atoms with Crippen LogP contribution in [-0.2, 0) is 22.7 Å². The Morgan fingerprint density at radius 1 is 1.22 bits per heavy atom. The molecule has 0 saturated heterocycles. The molecule has 0 aliphatic carbocycles. The zero-order valence-corrected chi connectivity index (χ0v) is 20.3. The molecule has 2 N–H and O–H groups in total. The van der Waals surface area contributed by atoms with Gasteiger partial charge >= 0.3 is 0 Å². The maximum absolute atomic E-state index is 13.6. The molecule has 2 amide bonds. The first-order valence-electron chi connectivity index (χ1n) is 11.3. The van der Waals surface area contributed by atoms with Gasteiger partial charge < -0.3 is 20.2 Å². The fraction of sp³-hybridized carbons (Fsp3) is 0.292. The number of nitrogens with zero attached hydrogens (tertiary/aromatic N) is 5. The molecule has 3 aromatic rings. The number of amides is 2. The number of aromatic nitrogens is 4. The number of hydrogen-bond donors (Lipinski definition) is 2. The van der Waals surface area contributed by atoms with Crippen LogP contribution < -0.4 is 20.9 Å². The number of ether oxygens (including phenoxy) is 1. The lowest BCUT2D eigenvalue weighted by Gasteiger charge is -2.10. The van der Waals surface area contributed by atoms with E-state index in [1.807, 2.05) is 0 Å². The molecule has 0 spiro atoms. The molecule has 4 rings (SSSR count). The summed E-state index contributed by atoms with van der Waals surface area (Å²) in [6.07, 6.45) is -0.328. The van der Waals surface area contributed by atoms with Crippen LogP contribution >= 0.6 is 0 Å². The topological polar surface area (TPSA) is 150 Å². The fourth-order valence-corrected chi connectivity index (χ4v) is 3.57. The van der Waals surface area contributed by atoms with Gasteiger partial charge in [0.25, 0.3) is 11.5 Å². The molecule has 0 saturated carbocycles. The van der Waals surface area contributed by atoms with Crippen molar-refractivity contribution in [2.24, 2.45) is 5.16 Å². The maximum Gasteiger partial charge on any atom is 0.270 e. The Hall–Kier alpha value is -4.68. The Morgan fingerprint density at radius 3 is 2.78 bits per heavy atom. The SMILES string of the molecule is CNC(=O)Cn1nc(C2CC(c3cc(C(=O)NCc4ccc(F)c(OC)c4)nc(C)n3)=NO2)ccc1=O. The van der Waals surface area contributed by atoms with Gasteiger partial charge in [0.2, 0.25) is 5.91 Å². The highest BCUT2D eigenvalue weighted by atomic mass is 19.1. The highest BCUT2D eigenvalue weighted by Gasteiger charge is 2.27. The van der Waals surface area contributed by atoms with Crippen LogP contribution in [-0.4, -0.2) is 51.4 Å². The van der Waals surface area contributed by atoms with E-state index in [1.165, 1.54) is 44.5 Å². The minimum atomic E-state index is -0.604. The van der Waals surface area contributed by atoms with Crippen molar-refractivity contribution in [2.75, 3.05) is 14.2 Å². The van der Waals surface area contributed by atoms with E-state index in [0.717, 1.165) is 4.68 Å². The number of benzene rings is 1. The van der Waals surface area contributed by atoms with E-state index in [2.05, 4.69) is 30.9 Å². The zero-order valence-electron chi connectivity index (χ0n) is 20.3. The van der Waals surface area contributed by atoms with Crippen LogP contribution in [0.2, 0.25) is 0 Å². The number of carbonyl (C=O) groups excluding carboxylic acids is 2. The van der Waals surface area contributed by atoms with Crippen molar-refractivity contribution in [3.63, 3.8) is 0 Å². The van der Waals surface area contributed by atoms with Crippen molar-refractivity contribution in [2.45, 2.75) is 32.5 Å². The quantitative estimate of drug-likeness (QED) is 0.457. The Morgan fingerprint density at radius 2 is 2.03 bits per heavy atom. The predicted octanol–water partition coefficient (Wildman–Crippen LogP) is 1.03. The second-order valence-corrected chi connectivity index (χ2v) is 8.10. The van der Waals surface area contributed by atoms with Gasteiger partial charge in [-0.15, -0.1) is 0 Å². The molecule has 1 aliphatic heterocycles. The molecule has 0 radical (unpaired) electrons. The van der Waals surface area contributed by atoms with Crippen molar-refractivity contribution in [3.05, 3.63) is 81.0 Å². The van der Waals surface area contributed by atoms with E-state index < -0.39 is 23.4 Å². The summed E-state index contributed by atoms with van der Waals surface area (Å²) in [4.78, 5) is 50.6. The van der Waals surface area contributed by atoms with Crippen LogP contribution in [0.1, 0.15) is 45.8 Å². The van der Waals surface area contributed by atoms with E-state index >= 15 is 0 Å². The third-order valence-electron chi connectivity index (χ3n) is 5.49. The smallest absolute Gasteiger partial charge is 0.270 e. The van der Waals surface area contributed by atoms with Crippen molar-refractivity contribution in [3.8, 4) is 5.75 Å². The number of rotatable bonds is 8. The molecule has 1 unspecified atom stereocenters. The van der Waals surface area contributed by atoms with Gasteiger partial charge in [-0.25, -0.2) is 19.0 Å². The van der Waals surface area contributed by atoms with Gasteiger partial charge in [-0.2, -0.15) is 5.10 Å². The number of aryl methyl sites for hydroxylation is 1. The van der Waals surface area contributed by atoms with E-state index in [9.17, 15) is 18.8 Å². The van der Waals surface area contributed by atoms with Crippen molar-refractivity contribution in [1.82, 2.24) is 30.4 Å². The lowest BCUT2D eigenvalue weighted by molar-refractivity contribution is -0.121. The van der Waals surface area contributed by atoms with E-state index in [-0.39, 0.29) is 36.9 Å². The fourth-order valence-electron chi connectivity index (χ4n) is 3.57. The Balaban J connectivity index is 1.46. The van der Waals surface area contributed by atoms with Crippen molar-refractivity contribution >= 4 is 17.5 Å². The third kappa shape index (κ3) is 5.94. The number of hydrogen-bond acceptors (Lipinski definition) is 9. The first kappa shape index (κ1) is 25.4. The minimum Gasteiger partial charge on any atom is -0.494 e. The summed E-state index contributed by atoms with van der Waals surface area (Å²) >= 11 is 0. The van der Waals surface area contributed by atoms with Gasteiger partial charge in [-0.3, -0.25) is 14.4 Å². The number of nitrogens with one attached hydrogen (secondary N) is 2. The van der Waals surface area contributed by atoms with E-state index in [0.29, 0.717) is 28.5 Å². The highest BCUT2D eigenvalue weighted by molar-refractivity contribution is 6.02. The summed E-state index contributed by atoms with van der Waals surface area (Å²) in [7, 11) is 2.83. The Labute approximate surface area is 210 Å². The number of halogens is 1. The van der Waals surface area contributed by atoms with Crippen LogP contribution in [0.15, 0.2) is 46.3 Å².